The number of thioether (sulfide) groups is 1. The lowest BCUT2D eigenvalue weighted by Gasteiger charge is -2.11. The maximum atomic E-state index is 11.9. The van der Waals surface area contributed by atoms with Crippen LogP contribution in [0.1, 0.15) is 39.5 Å². The number of rotatable bonds is 5. The Morgan fingerprint density at radius 1 is 1.30 bits per heavy atom. The van der Waals surface area contributed by atoms with Crippen LogP contribution in [0.4, 0.5) is 4.79 Å². The molecule has 0 heterocycles. The number of ether oxygens (including phenoxy) is 1. The van der Waals surface area contributed by atoms with Crippen molar-refractivity contribution in [1.29, 1.82) is 0 Å². The lowest BCUT2D eigenvalue weighted by atomic mass is 10.2. The second-order valence-corrected chi connectivity index (χ2v) is 6.74. The van der Waals surface area contributed by atoms with Gasteiger partial charge in [0.15, 0.2) is 0 Å². The van der Waals surface area contributed by atoms with Gasteiger partial charge in [0.1, 0.15) is 5.75 Å². The zero-order valence-electron chi connectivity index (χ0n) is 12.2. The Morgan fingerprint density at radius 2 is 1.95 bits per heavy atom. The van der Waals surface area contributed by atoms with Gasteiger partial charge in [-0.25, -0.2) is 0 Å². The Labute approximate surface area is 125 Å². The van der Waals surface area contributed by atoms with Crippen LogP contribution in [0.5, 0.6) is 5.75 Å². The highest BCUT2D eigenvalue weighted by atomic mass is 32.2. The fourth-order valence-electron chi connectivity index (χ4n) is 2.24. The van der Waals surface area contributed by atoms with Crippen LogP contribution in [-0.2, 0) is 0 Å². The van der Waals surface area contributed by atoms with Gasteiger partial charge < -0.3 is 10.1 Å². The molecule has 1 saturated carbocycles. The molecular weight excluding hydrogens is 270 g/mol. The van der Waals surface area contributed by atoms with E-state index in [9.17, 15) is 4.79 Å². The number of hydrogen-bond donors (Lipinski definition) is 1. The average Bonchev–Trinajstić information content (AvgIpc) is 2.90. The zero-order chi connectivity index (χ0) is 14.4. The quantitative estimate of drug-likeness (QED) is 0.814. The van der Waals surface area contributed by atoms with Gasteiger partial charge in [0.05, 0.1) is 6.61 Å². The topological polar surface area (TPSA) is 38.3 Å². The van der Waals surface area contributed by atoms with Crippen LogP contribution in [0.15, 0.2) is 29.2 Å². The standard InChI is InChI=1S/C16H23NO2S/c1-12(2)11-19-14-7-9-15(10-8-14)20-16(18)17-13-5-3-4-6-13/h7-10,12-13H,3-6,11H2,1-2H3,(H,17,18). The van der Waals surface area contributed by atoms with E-state index in [0.29, 0.717) is 18.6 Å². The molecule has 1 aromatic carbocycles. The van der Waals surface area contributed by atoms with Crippen molar-refractivity contribution in [2.75, 3.05) is 6.61 Å². The summed E-state index contributed by atoms with van der Waals surface area (Å²) in [6, 6.07) is 8.10. The number of benzene rings is 1. The molecule has 20 heavy (non-hydrogen) atoms. The van der Waals surface area contributed by atoms with E-state index in [-0.39, 0.29) is 5.24 Å². The van der Waals surface area contributed by atoms with E-state index >= 15 is 0 Å². The fourth-order valence-corrected chi connectivity index (χ4v) is 2.95. The molecule has 0 spiro atoms. The highest BCUT2D eigenvalue weighted by Gasteiger charge is 2.17. The van der Waals surface area contributed by atoms with E-state index in [1.54, 1.807) is 0 Å². The maximum absolute atomic E-state index is 11.9. The Balaban J connectivity index is 1.78. The van der Waals surface area contributed by atoms with Crippen LogP contribution in [0, 0.1) is 5.92 Å². The summed E-state index contributed by atoms with van der Waals surface area (Å²) in [5.74, 6) is 1.38. The van der Waals surface area contributed by atoms with Crippen LogP contribution < -0.4 is 10.1 Å². The minimum absolute atomic E-state index is 0.0488. The lowest BCUT2D eigenvalue weighted by Crippen LogP contribution is -2.29. The smallest absolute Gasteiger partial charge is 0.284 e. The van der Waals surface area contributed by atoms with Crippen molar-refractivity contribution < 1.29 is 9.53 Å². The van der Waals surface area contributed by atoms with Gasteiger partial charge in [-0.15, -0.1) is 0 Å². The van der Waals surface area contributed by atoms with Crippen molar-refractivity contribution in [3.05, 3.63) is 24.3 Å². The van der Waals surface area contributed by atoms with Crippen molar-refractivity contribution >= 4 is 17.0 Å². The predicted molar refractivity (Wildman–Crippen MR) is 83.4 cm³/mol. The van der Waals surface area contributed by atoms with Gasteiger partial charge in [-0.1, -0.05) is 26.7 Å². The average molecular weight is 293 g/mol. The van der Waals surface area contributed by atoms with Gasteiger partial charge in [-0.05, 0) is 54.8 Å². The summed E-state index contributed by atoms with van der Waals surface area (Å²) in [6.07, 6.45) is 4.71. The third-order valence-corrected chi connectivity index (χ3v) is 4.11. The molecule has 4 heteroatoms. The third kappa shape index (κ3) is 5.08. The first-order valence-corrected chi connectivity index (χ1v) is 8.16. The summed E-state index contributed by atoms with van der Waals surface area (Å²) in [6.45, 7) is 4.96. The minimum atomic E-state index is 0.0488. The third-order valence-electron chi connectivity index (χ3n) is 3.29. The van der Waals surface area contributed by atoms with Gasteiger partial charge in [-0.2, -0.15) is 0 Å². The molecule has 1 aromatic rings. The molecule has 0 saturated heterocycles. The molecule has 1 amide bonds. The first-order chi connectivity index (χ1) is 9.63. The van der Waals surface area contributed by atoms with E-state index in [1.165, 1.54) is 24.6 Å². The molecule has 1 aliphatic carbocycles. The first kappa shape index (κ1) is 15.2. The second-order valence-electron chi connectivity index (χ2n) is 5.69. The molecule has 0 bridgehead atoms. The van der Waals surface area contributed by atoms with E-state index in [1.807, 2.05) is 24.3 Å². The zero-order valence-corrected chi connectivity index (χ0v) is 13.0. The normalized spacial score (nSPS) is 15.6. The Morgan fingerprint density at radius 3 is 2.55 bits per heavy atom. The highest BCUT2D eigenvalue weighted by Crippen LogP contribution is 2.24. The molecule has 3 nitrogen and oxygen atoms in total. The molecule has 0 atom stereocenters. The molecule has 1 N–H and O–H groups in total. The van der Waals surface area contributed by atoms with Crippen LogP contribution in [0.2, 0.25) is 0 Å². The molecule has 0 radical (unpaired) electrons. The molecule has 110 valence electrons. The lowest BCUT2D eigenvalue weighted by molar-refractivity contribution is 0.257. The minimum Gasteiger partial charge on any atom is -0.493 e. The second kappa shape index (κ2) is 7.58. The summed E-state index contributed by atoms with van der Waals surface area (Å²) >= 11 is 1.26. The Hall–Kier alpha value is -1.16. The van der Waals surface area contributed by atoms with Crippen molar-refractivity contribution in [2.24, 2.45) is 5.92 Å². The molecule has 2 rings (SSSR count). The van der Waals surface area contributed by atoms with Crippen LogP contribution >= 0.6 is 11.8 Å². The number of amides is 1. The maximum Gasteiger partial charge on any atom is 0.284 e. The summed E-state index contributed by atoms with van der Waals surface area (Å²) in [5, 5.41) is 3.12. The van der Waals surface area contributed by atoms with E-state index in [2.05, 4.69) is 19.2 Å². The van der Waals surface area contributed by atoms with Gasteiger partial charge in [0.25, 0.3) is 5.24 Å². The predicted octanol–water partition coefficient (Wildman–Crippen LogP) is 4.47. The Bertz CT molecular complexity index is 425. The molecule has 0 unspecified atom stereocenters. The number of hydrogen-bond acceptors (Lipinski definition) is 3. The van der Waals surface area contributed by atoms with Gasteiger partial charge in [-0.3, -0.25) is 4.79 Å². The van der Waals surface area contributed by atoms with Crippen molar-refractivity contribution in [1.82, 2.24) is 5.32 Å². The fraction of sp³-hybridized carbons (Fsp3) is 0.562. The molecule has 0 aliphatic heterocycles. The van der Waals surface area contributed by atoms with Crippen LogP contribution in [-0.4, -0.2) is 17.9 Å². The summed E-state index contributed by atoms with van der Waals surface area (Å²) < 4.78 is 5.63. The van der Waals surface area contributed by atoms with E-state index in [0.717, 1.165) is 23.5 Å². The highest BCUT2D eigenvalue weighted by molar-refractivity contribution is 8.13. The molecule has 0 aromatic heterocycles. The largest absolute Gasteiger partial charge is 0.493 e. The molecule has 1 aliphatic rings. The van der Waals surface area contributed by atoms with E-state index in [4.69, 9.17) is 4.74 Å². The summed E-state index contributed by atoms with van der Waals surface area (Å²) in [4.78, 5) is 12.8. The van der Waals surface area contributed by atoms with Gasteiger partial charge in [0.2, 0.25) is 0 Å². The van der Waals surface area contributed by atoms with Crippen LogP contribution in [0.25, 0.3) is 0 Å². The van der Waals surface area contributed by atoms with Crippen molar-refractivity contribution in [3.8, 4) is 5.75 Å². The van der Waals surface area contributed by atoms with Crippen molar-refractivity contribution in [2.45, 2.75) is 50.5 Å². The number of nitrogens with one attached hydrogen (secondary N) is 1. The number of carbonyl (C=O) groups is 1. The van der Waals surface area contributed by atoms with Crippen LogP contribution in [0.3, 0.4) is 0 Å². The monoisotopic (exact) mass is 293 g/mol. The van der Waals surface area contributed by atoms with Gasteiger partial charge >= 0.3 is 0 Å². The van der Waals surface area contributed by atoms with Crippen molar-refractivity contribution in [3.63, 3.8) is 0 Å². The SMILES string of the molecule is CC(C)COc1ccc(SC(=O)NC2CCCC2)cc1. The number of carbonyl (C=O) groups excluding carboxylic acids is 1. The summed E-state index contributed by atoms with van der Waals surface area (Å²) in [5.41, 5.74) is 0. The van der Waals surface area contributed by atoms with Gasteiger partial charge in [0, 0.05) is 10.9 Å². The molecular formula is C16H23NO2S. The first-order valence-electron chi connectivity index (χ1n) is 7.34. The van der Waals surface area contributed by atoms with E-state index < -0.39 is 0 Å². The molecule has 1 fully saturated rings. The summed E-state index contributed by atoms with van der Waals surface area (Å²) in [7, 11) is 0. The Kier molecular flexibility index (Phi) is 5.77.